The fourth-order valence-corrected chi connectivity index (χ4v) is 17.6. The Morgan fingerprint density at radius 2 is 0.750 bits per heavy atom. The number of halogens is 7. The molecule has 34 nitrogen and oxygen atoms in total. The minimum Gasteiger partial charge on any atom is -0.445 e. The summed E-state index contributed by atoms with van der Waals surface area (Å²) in [7, 11) is -0.326. The molecule has 0 atom stereocenters. The number of nitrogen functional groups attached to an aromatic ring is 1. The van der Waals surface area contributed by atoms with Crippen LogP contribution >= 0.6 is 81.2 Å². The molecule has 13 aromatic rings. The number of hydrogen-bond acceptors (Lipinski definition) is 29. The Kier molecular flexibility index (Phi) is 35.5. The van der Waals surface area contributed by atoms with Gasteiger partial charge < -0.3 is 71.5 Å². The van der Waals surface area contributed by atoms with Crippen LogP contribution < -0.4 is 48.4 Å². The van der Waals surface area contributed by atoms with Crippen molar-refractivity contribution in [3.63, 3.8) is 0 Å². The van der Waals surface area contributed by atoms with Crippen molar-refractivity contribution in [3.8, 4) is 58.0 Å². The predicted molar refractivity (Wildman–Crippen MR) is 579 cm³/mol. The van der Waals surface area contributed by atoms with Crippen LogP contribution in [0.5, 0.6) is 0 Å². The van der Waals surface area contributed by atoms with E-state index in [-0.39, 0.29) is 82.0 Å². The standard InChI is InChI=1S/C31H31ClN8O2.C23H25ClN8.C17H23BN2O2.C16H20N4O2.C15H12Cl2N4.C4HCl3N2.H2/c32-27-17-34-29(38-28(27)23-6-8-24(9-7-23)35-21-31(20-33)12-13-31)37-25-16-36-40(18-25)26-10-14-39(15-11-26)30(41)42-19-22-4-2-1-3-5-22;24-20-12-27-22(30-18-11-29-32(13-18)19-5-9-26-10-6-19)31-21(20)16-1-3-17(4-2-16)28-15-23(14-25)7-8-23;1-15(2)16(3,4)22-18(21-15)13-5-7-14(8-6-13)20-12-17(11-19)9-10-17;17-14-10-18-20(11-14)15-6-8-19(9-7-15)16(21)22-12-13-4-2-1-3-5-13;16-12-7-19-14(17)21-13(12)10-1-3-11(4-2-10)20-9-15(8-18)5-6-15;5-2-1-8-4(7)9-3(2)6;/h1-9,16-18,26,35H,10-15,19,21H2,(H,34,37,38);1-4,11-13,19,26,28H,5-10,15H2,(H,27,30,31);5-8,20H,9-10,12H2,1-4H3;1-5,10-11,15H,6-9,12,17H2;1-4,7,20H,5-6,9H2;1H;1H. The summed E-state index contributed by atoms with van der Waals surface area (Å²) in [5, 5.41) is 75.3. The van der Waals surface area contributed by atoms with Gasteiger partial charge in [0.25, 0.3) is 0 Å². The third kappa shape index (κ3) is 29.5. The van der Waals surface area contributed by atoms with E-state index in [0.717, 1.165) is 177 Å². The number of carbonyl (C=O) groups is 2. The zero-order chi connectivity index (χ0) is 104. The highest BCUT2D eigenvalue weighted by atomic mass is 35.5. The maximum absolute atomic E-state index is 12.5. The maximum atomic E-state index is 12.5. The van der Waals surface area contributed by atoms with Crippen LogP contribution in [0.3, 0.4) is 0 Å². The molecule has 0 spiro atoms. The molecule has 4 aliphatic carbocycles. The molecule has 8 fully saturated rings. The van der Waals surface area contributed by atoms with E-state index in [0.29, 0.717) is 119 Å². The highest BCUT2D eigenvalue weighted by Crippen LogP contribution is 2.48. The molecule has 8 aliphatic rings. The van der Waals surface area contributed by atoms with E-state index in [1.165, 1.54) is 12.4 Å². The third-order valence-corrected chi connectivity index (χ3v) is 29.2. The number of nitriles is 4. The number of nitrogens with zero attached hydrogens (tertiary/aromatic N) is 20. The second kappa shape index (κ2) is 49.0. The fourth-order valence-electron chi connectivity index (χ4n) is 16.4. The molecule has 0 bridgehead atoms. The Morgan fingerprint density at radius 1 is 0.419 bits per heavy atom. The molecule has 2 amide bonds. The molecule has 21 rings (SSSR count). The first-order chi connectivity index (χ1) is 71.4. The van der Waals surface area contributed by atoms with E-state index in [4.69, 9.17) is 116 Å². The number of piperidine rings is 3. The smallest absolute Gasteiger partial charge is 0.445 e. The quantitative estimate of drug-likeness (QED) is 0.0135. The van der Waals surface area contributed by atoms with Crippen LogP contribution in [0.4, 0.5) is 61.3 Å². The van der Waals surface area contributed by atoms with E-state index in [9.17, 15) is 20.1 Å². The molecule has 4 saturated carbocycles. The predicted octanol–water partition coefficient (Wildman–Crippen LogP) is 22.8. The summed E-state index contributed by atoms with van der Waals surface area (Å²) < 4.78 is 28.8. The lowest BCUT2D eigenvalue weighted by molar-refractivity contribution is 0.00578. The first-order valence-corrected chi connectivity index (χ1v) is 51.6. The molecular weight excluding hydrogens is 2020 g/mol. The summed E-state index contributed by atoms with van der Waals surface area (Å²) >= 11 is 41.0. The molecule has 9 N–H and O–H groups in total. The van der Waals surface area contributed by atoms with Crippen molar-refractivity contribution in [1.82, 2.24) is 84.3 Å². The monoisotopic (exact) mass is 2130 g/mol. The van der Waals surface area contributed by atoms with Gasteiger partial charge >= 0.3 is 19.3 Å². The Morgan fingerprint density at radius 3 is 1.09 bits per heavy atom. The normalized spacial score (nSPS) is 17.0. The molecule has 6 aromatic carbocycles. The zero-order valence-corrected chi connectivity index (χ0v) is 87.4. The van der Waals surface area contributed by atoms with E-state index in [1.807, 2.05) is 190 Å². The van der Waals surface area contributed by atoms with Gasteiger partial charge in [-0.15, -0.1) is 0 Å². The summed E-state index contributed by atoms with van der Waals surface area (Å²) in [6.45, 7) is 16.2. The van der Waals surface area contributed by atoms with Crippen LogP contribution in [-0.4, -0.2) is 175 Å². The van der Waals surface area contributed by atoms with E-state index in [1.54, 1.807) is 40.8 Å². The lowest BCUT2D eigenvalue weighted by Gasteiger charge is -2.32. The lowest BCUT2D eigenvalue weighted by atomic mass is 9.79. The first kappa shape index (κ1) is 107. The van der Waals surface area contributed by atoms with Crippen molar-refractivity contribution in [2.45, 2.75) is 160 Å². The summed E-state index contributed by atoms with van der Waals surface area (Å²) in [5.74, 6) is 0.887. The molecule has 11 heterocycles. The summed E-state index contributed by atoms with van der Waals surface area (Å²) in [5.41, 5.74) is 18.1. The summed E-state index contributed by atoms with van der Waals surface area (Å²) in [6, 6.07) is 61.4. The highest BCUT2D eigenvalue weighted by Gasteiger charge is 2.52. The number of benzene rings is 6. The van der Waals surface area contributed by atoms with Gasteiger partial charge in [0, 0.05) is 112 Å². The van der Waals surface area contributed by atoms with Crippen molar-refractivity contribution in [3.05, 3.63) is 267 Å². The Balaban J connectivity index is 0.000000139. The molecule has 766 valence electrons. The molecule has 7 aromatic heterocycles. The van der Waals surface area contributed by atoms with Gasteiger partial charge in [-0.3, -0.25) is 14.0 Å². The highest BCUT2D eigenvalue weighted by molar-refractivity contribution is 6.62. The molecule has 0 radical (unpaired) electrons. The van der Waals surface area contributed by atoms with Crippen LogP contribution in [0, 0.1) is 67.0 Å². The van der Waals surface area contributed by atoms with Crippen LogP contribution in [0.1, 0.15) is 148 Å². The summed E-state index contributed by atoms with van der Waals surface area (Å²) in [4.78, 5) is 61.2. The van der Waals surface area contributed by atoms with Crippen LogP contribution in [0.15, 0.2) is 220 Å². The maximum Gasteiger partial charge on any atom is 0.494 e. The number of anilines is 9. The van der Waals surface area contributed by atoms with Crippen LogP contribution in [0.2, 0.25) is 35.8 Å². The minimum absolute atomic E-state index is 0. The number of nitrogens with one attached hydrogen (secondary N) is 7. The van der Waals surface area contributed by atoms with Gasteiger partial charge in [-0.05, 0) is 219 Å². The second-order valence-electron chi connectivity index (χ2n) is 38.7. The van der Waals surface area contributed by atoms with Gasteiger partial charge in [0.05, 0.1) is 173 Å². The molecular formula is C106H114BCl7N28O6. The average molecular weight is 2140 g/mol. The Labute approximate surface area is 896 Å². The van der Waals surface area contributed by atoms with Crippen molar-refractivity contribution >= 4 is 158 Å². The molecule has 148 heavy (non-hydrogen) atoms. The molecule has 4 aliphatic heterocycles. The van der Waals surface area contributed by atoms with Gasteiger partial charge in [-0.25, -0.2) is 49.5 Å². The molecule has 0 unspecified atom stereocenters. The number of hydrogen-bond donors (Lipinski definition) is 8. The minimum atomic E-state index is -0.326. The second-order valence-corrected chi connectivity index (χ2v) is 41.4. The number of rotatable bonds is 27. The molecule has 4 saturated heterocycles. The van der Waals surface area contributed by atoms with Crippen molar-refractivity contribution in [1.29, 1.82) is 21.0 Å². The number of likely N-dealkylation sites (tertiary alicyclic amines) is 2. The zero-order valence-electron chi connectivity index (χ0n) is 82.1. The SMILES string of the molecule is CC1(C)OB(c2ccc(NCC3(C#N)CC3)cc2)OC1(C)C.Clc1ncc(Cl)c(Cl)n1.N#CC1(CNc2ccc(-c3nc(Cl)ncc3Cl)cc2)CC1.N#CC1(CNc2ccc(-c3nc(Nc4cnn(C5CCN(C(=O)OCc6ccccc6)CC5)c4)ncc3Cl)cc2)CC1.N#CC1(CNc2ccc(-c3nc(Nc4cnn(C5CCNCC5)c4)ncc3Cl)cc2)CC1.Nc1cnn(C2CCN(C(=O)OCc3ccccc3)CC2)c1.[HH]. The Bertz CT molecular complexity index is 6850. The Hall–Kier alpha value is -13.7. The van der Waals surface area contributed by atoms with Crippen molar-refractivity contribution in [2.24, 2.45) is 21.7 Å². The summed E-state index contributed by atoms with van der Waals surface area (Å²) in [6.07, 6.45) is 29.7. The fraction of sp³-hybridized carbons (Fsp3) is 0.368. The van der Waals surface area contributed by atoms with Crippen LogP contribution in [0.25, 0.3) is 33.8 Å². The third-order valence-electron chi connectivity index (χ3n) is 27.3. The average Bonchev–Trinajstić information content (AvgIpc) is 1.62. The first-order valence-electron chi connectivity index (χ1n) is 48.9. The van der Waals surface area contributed by atoms with E-state index >= 15 is 0 Å². The van der Waals surface area contributed by atoms with E-state index in [2.05, 4.69) is 144 Å². The largest absolute Gasteiger partial charge is 0.494 e. The number of nitrogens with two attached hydrogens (primary N) is 1. The van der Waals surface area contributed by atoms with Gasteiger partial charge in [0.2, 0.25) is 22.5 Å². The number of carbonyl (C=O) groups excluding carboxylic acids is 2. The number of ether oxygens (including phenoxy) is 2. The van der Waals surface area contributed by atoms with Crippen molar-refractivity contribution < 1.29 is 29.8 Å². The van der Waals surface area contributed by atoms with Gasteiger partial charge in [0.1, 0.15) is 13.2 Å². The molecule has 42 heteroatoms. The van der Waals surface area contributed by atoms with Gasteiger partial charge in [0.15, 0.2) is 5.15 Å². The topological polar surface area (TPSA) is 440 Å². The number of aromatic nitrogens is 14. The number of amides is 2. The van der Waals surface area contributed by atoms with Crippen molar-refractivity contribution in [2.75, 3.05) is 103 Å². The van der Waals surface area contributed by atoms with Crippen LogP contribution in [-0.2, 0) is 32.0 Å². The lowest BCUT2D eigenvalue weighted by Crippen LogP contribution is -2.41. The van der Waals surface area contributed by atoms with Gasteiger partial charge in [-0.1, -0.05) is 167 Å². The van der Waals surface area contributed by atoms with E-state index < -0.39 is 0 Å². The van der Waals surface area contributed by atoms with Gasteiger partial charge in [-0.2, -0.15) is 36.3 Å².